The Morgan fingerprint density at radius 1 is 1.21 bits per heavy atom. The number of aromatic nitrogens is 3. The van der Waals surface area contributed by atoms with Crippen LogP contribution in [0.1, 0.15) is 19.5 Å². The molecular weight excluding hydrogens is 438 g/mol. The minimum absolute atomic E-state index is 0.0652. The van der Waals surface area contributed by atoms with Crippen molar-refractivity contribution in [2.75, 3.05) is 43.9 Å². The van der Waals surface area contributed by atoms with E-state index in [9.17, 15) is 9.59 Å². The summed E-state index contributed by atoms with van der Waals surface area (Å²) in [5, 5.41) is 0.598. The van der Waals surface area contributed by atoms with Gasteiger partial charge in [-0.15, -0.1) is 0 Å². The lowest BCUT2D eigenvalue weighted by molar-refractivity contribution is -0.128. The highest BCUT2D eigenvalue weighted by Crippen LogP contribution is 2.28. The number of hydrogen-bond acceptors (Lipinski definition) is 6. The molecule has 1 N–H and O–H groups in total. The number of para-hydroxylation sites is 2. The van der Waals surface area contributed by atoms with E-state index in [-0.39, 0.29) is 23.1 Å². The fraction of sp³-hybridized carbons (Fsp3) is 0.458. The number of nitrogens with one attached hydrogen (secondary N) is 1. The summed E-state index contributed by atoms with van der Waals surface area (Å²) >= 11 is 1.35. The van der Waals surface area contributed by atoms with Gasteiger partial charge in [-0.3, -0.25) is 14.2 Å². The largest absolute Gasteiger partial charge is 0.495 e. The van der Waals surface area contributed by atoms with Crippen molar-refractivity contribution in [3.63, 3.8) is 0 Å². The molecule has 9 heteroatoms. The molecule has 2 aromatic heterocycles. The second-order valence-electron chi connectivity index (χ2n) is 8.74. The van der Waals surface area contributed by atoms with Crippen LogP contribution in [0.4, 0.5) is 5.69 Å². The number of methoxy groups -OCH3 is 1. The maximum Gasteiger partial charge on any atom is 0.278 e. The number of carbonyl (C=O) groups is 1. The summed E-state index contributed by atoms with van der Waals surface area (Å²) in [6.07, 6.45) is 0. The van der Waals surface area contributed by atoms with E-state index in [0.717, 1.165) is 30.2 Å². The van der Waals surface area contributed by atoms with E-state index in [1.54, 1.807) is 11.7 Å². The molecule has 3 aromatic rings. The summed E-state index contributed by atoms with van der Waals surface area (Å²) in [6, 6.07) is 9.83. The van der Waals surface area contributed by atoms with Gasteiger partial charge in [0.05, 0.1) is 24.1 Å². The molecule has 1 fully saturated rings. The van der Waals surface area contributed by atoms with Crippen LogP contribution >= 0.6 is 11.8 Å². The zero-order valence-corrected chi connectivity index (χ0v) is 20.4. The summed E-state index contributed by atoms with van der Waals surface area (Å²) in [5.41, 5.74) is 3.05. The van der Waals surface area contributed by atoms with E-state index < -0.39 is 0 Å². The average Bonchev–Trinajstić information content (AvgIpc) is 3.20. The number of hydrogen-bond donors (Lipinski definition) is 1. The fourth-order valence-electron chi connectivity index (χ4n) is 4.15. The highest BCUT2D eigenvalue weighted by atomic mass is 32.2. The molecule has 1 saturated heterocycles. The van der Waals surface area contributed by atoms with Crippen molar-refractivity contribution < 1.29 is 9.53 Å². The van der Waals surface area contributed by atoms with Gasteiger partial charge < -0.3 is 19.5 Å². The van der Waals surface area contributed by atoms with Crippen LogP contribution in [-0.4, -0.2) is 64.4 Å². The fourth-order valence-corrected chi connectivity index (χ4v) is 5.06. The van der Waals surface area contributed by atoms with Crippen molar-refractivity contribution in [2.24, 2.45) is 5.92 Å². The van der Waals surface area contributed by atoms with Gasteiger partial charge in [0.1, 0.15) is 11.3 Å². The Morgan fingerprint density at radius 3 is 2.64 bits per heavy atom. The summed E-state index contributed by atoms with van der Waals surface area (Å²) in [7, 11) is 1.68. The first-order valence-electron chi connectivity index (χ1n) is 11.3. The van der Waals surface area contributed by atoms with Gasteiger partial charge in [-0.25, -0.2) is 4.98 Å². The Kier molecular flexibility index (Phi) is 6.97. The highest BCUT2D eigenvalue weighted by Gasteiger charge is 2.24. The predicted octanol–water partition coefficient (Wildman–Crippen LogP) is 3.14. The third-order valence-corrected chi connectivity index (χ3v) is 6.73. The monoisotopic (exact) mass is 469 g/mol. The summed E-state index contributed by atoms with van der Waals surface area (Å²) in [5.74, 6) is 1.46. The molecule has 0 spiro atoms. The molecule has 1 amide bonds. The molecular formula is C24H31N5O3S. The van der Waals surface area contributed by atoms with Crippen molar-refractivity contribution in [3.05, 3.63) is 46.4 Å². The maximum atomic E-state index is 13.0. The molecule has 0 unspecified atom stereocenters. The topological polar surface area (TPSA) is 83.5 Å². The van der Waals surface area contributed by atoms with E-state index in [1.807, 2.05) is 42.2 Å². The normalized spacial score (nSPS) is 14.3. The highest BCUT2D eigenvalue weighted by molar-refractivity contribution is 7.99. The Balaban J connectivity index is 1.43. The number of aromatic amines is 1. The molecule has 0 saturated carbocycles. The number of amides is 1. The van der Waals surface area contributed by atoms with Gasteiger partial charge in [-0.1, -0.05) is 37.7 Å². The van der Waals surface area contributed by atoms with Gasteiger partial charge in [-0.2, -0.15) is 0 Å². The first kappa shape index (κ1) is 23.2. The van der Waals surface area contributed by atoms with Crippen LogP contribution in [-0.2, 0) is 11.3 Å². The Bertz CT molecular complexity index is 1190. The molecule has 4 rings (SSSR count). The van der Waals surface area contributed by atoms with Gasteiger partial charge in [0, 0.05) is 38.4 Å². The summed E-state index contributed by atoms with van der Waals surface area (Å²) in [6.45, 7) is 9.42. The van der Waals surface area contributed by atoms with Crippen LogP contribution in [0.3, 0.4) is 0 Å². The average molecular weight is 470 g/mol. The van der Waals surface area contributed by atoms with Crippen LogP contribution < -0.4 is 15.2 Å². The number of fused-ring (bicyclic) bond motifs is 1. The van der Waals surface area contributed by atoms with Crippen LogP contribution in [0.2, 0.25) is 0 Å². The minimum atomic E-state index is -0.0813. The molecule has 1 aliphatic rings. The lowest BCUT2D eigenvalue weighted by atomic mass is 10.2. The zero-order valence-electron chi connectivity index (χ0n) is 19.6. The smallest absolute Gasteiger partial charge is 0.278 e. The van der Waals surface area contributed by atoms with Crippen LogP contribution in [0, 0.1) is 12.8 Å². The van der Waals surface area contributed by atoms with Gasteiger partial charge in [0.15, 0.2) is 5.16 Å². The molecule has 33 heavy (non-hydrogen) atoms. The summed E-state index contributed by atoms with van der Waals surface area (Å²) in [4.78, 5) is 38.0. The van der Waals surface area contributed by atoms with Crippen LogP contribution in [0.5, 0.6) is 5.75 Å². The lowest BCUT2D eigenvalue weighted by Crippen LogP contribution is -2.49. The van der Waals surface area contributed by atoms with E-state index in [2.05, 4.69) is 23.7 Å². The molecule has 0 bridgehead atoms. The van der Waals surface area contributed by atoms with E-state index in [4.69, 9.17) is 9.72 Å². The quantitative estimate of drug-likeness (QED) is 0.423. The van der Waals surface area contributed by atoms with Gasteiger partial charge in [0.2, 0.25) is 5.91 Å². The Hall–Kier alpha value is -2.94. The Morgan fingerprint density at radius 2 is 1.94 bits per heavy atom. The van der Waals surface area contributed by atoms with Crippen LogP contribution in [0.25, 0.3) is 11.0 Å². The number of thioether (sulfide) groups is 1. The third-order valence-electron chi connectivity index (χ3n) is 5.77. The van der Waals surface area contributed by atoms with E-state index in [1.165, 1.54) is 11.8 Å². The summed E-state index contributed by atoms with van der Waals surface area (Å²) < 4.78 is 7.17. The maximum absolute atomic E-state index is 13.0. The minimum Gasteiger partial charge on any atom is -0.495 e. The molecule has 1 aromatic carbocycles. The van der Waals surface area contributed by atoms with Crippen molar-refractivity contribution in [1.82, 2.24) is 19.4 Å². The van der Waals surface area contributed by atoms with Crippen molar-refractivity contribution in [2.45, 2.75) is 32.5 Å². The molecule has 1 aliphatic heterocycles. The number of benzene rings is 1. The second kappa shape index (κ2) is 9.91. The number of nitrogens with zero attached hydrogens (tertiary/aromatic N) is 4. The van der Waals surface area contributed by atoms with Gasteiger partial charge in [0.25, 0.3) is 5.56 Å². The van der Waals surface area contributed by atoms with Gasteiger partial charge in [-0.05, 0) is 31.0 Å². The zero-order chi connectivity index (χ0) is 23.5. The van der Waals surface area contributed by atoms with Crippen LogP contribution in [0.15, 0.2) is 40.3 Å². The van der Waals surface area contributed by atoms with E-state index in [0.29, 0.717) is 35.8 Å². The SMILES string of the molecule is COc1ccccc1N1CCN(C(=O)CSc2nc3cc(C)[nH]c3c(=O)n2CC(C)C)CC1. The molecule has 0 aliphatic carbocycles. The number of piperazine rings is 1. The molecule has 3 heterocycles. The first-order valence-corrected chi connectivity index (χ1v) is 12.2. The lowest BCUT2D eigenvalue weighted by Gasteiger charge is -2.36. The molecule has 0 radical (unpaired) electrons. The first-order chi connectivity index (χ1) is 15.9. The number of H-pyrrole nitrogens is 1. The number of carbonyl (C=O) groups excluding carboxylic acids is 1. The third kappa shape index (κ3) is 5.03. The molecule has 8 nitrogen and oxygen atoms in total. The molecule has 0 atom stereocenters. The van der Waals surface area contributed by atoms with Crippen molar-refractivity contribution in [1.29, 1.82) is 0 Å². The standard InChI is InChI=1S/C24H31N5O3S/c1-16(2)14-29-23(31)22-18(13-17(3)25-22)26-24(29)33-15-21(30)28-11-9-27(10-12-28)19-7-5-6-8-20(19)32-4/h5-8,13,16,25H,9-12,14-15H2,1-4H3. The number of aryl methyl sites for hydroxylation is 1. The Labute approximate surface area is 197 Å². The van der Waals surface area contributed by atoms with Crippen molar-refractivity contribution >= 4 is 34.4 Å². The second-order valence-corrected chi connectivity index (χ2v) is 9.69. The number of anilines is 1. The number of ether oxygens (including phenoxy) is 1. The predicted molar refractivity (Wildman–Crippen MR) is 132 cm³/mol. The van der Waals surface area contributed by atoms with Gasteiger partial charge >= 0.3 is 0 Å². The van der Waals surface area contributed by atoms with E-state index >= 15 is 0 Å². The van der Waals surface area contributed by atoms with Crippen molar-refractivity contribution in [3.8, 4) is 5.75 Å². The number of rotatable bonds is 7. The molecule has 176 valence electrons.